The summed E-state index contributed by atoms with van der Waals surface area (Å²) in [5.74, 6) is 6.70. The van der Waals surface area contributed by atoms with Gasteiger partial charge in [-0.3, -0.25) is 0 Å². The minimum absolute atomic E-state index is 0.0700. The van der Waals surface area contributed by atoms with Crippen molar-refractivity contribution in [2.45, 2.75) is 37.1 Å². The van der Waals surface area contributed by atoms with Crippen LogP contribution in [-0.2, 0) is 0 Å². The molecule has 0 aliphatic heterocycles. The maximum Gasteiger partial charge on any atom is 0.0812 e. The van der Waals surface area contributed by atoms with Crippen LogP contribution in [0.25, 0.3) is 0 Å². The topological polar surface area (TPSA) is 55.3 Å². The molecule has 1 aliphatic carbocycles. The van der Waals surface area contributed by atoms with E-state index in [1.807, 2.05) is 25.1 Å². The number of nitrogens with two attached hydrogens (primary N) is 2. The molecule has 0 spiro atoms. The second kappa shape index (κ2) is 6.30. The molecule has 3 nitrogen and oxygen atoms in total. The molecule has 0 radical (unpaired) electrons. The Bertz CT molecular complexity index is 460. The van der Waals surface area contributed by atoms with Crippen LogP contribution in [0.2, 0.25) is 0 Å². The van der Waals surface area contributed by atoms with Gasteiger partial charge in [-0.05, 0) is 43.4 Å². The van der Waals surface area contributed by atoms with E-state index in [0.717, 1.165) is 24.1 Å². The van der Waals surface area contributed by atoms with Gasteiger partial charge in [-0.15, -0.1) is 0 Å². The molecule has 2 rings (SSSR count). The fourth-order valence-electron chi connectivity index (χ4n) is 2.47. The van der Waals surface area contributed by atoms with Crippen molar-refractivity contribution in [1.82, 2.24) is 5.01 Å². The highest BCUT2D eigenvalue weighted by molar-refractivity contribution is 7.94. The second-order valence-corrected chi connectivity index (χ2v) is 5.63. The van der Waals surface area contributed by atoms with Crippen molar-refractivity contribution in [1.29, 1.82) is 0 Å². The van der Waals surface area contributed by atoms with Crippen LogP contribution >= 0.6 is 12.1 Å². The first kappa shape index (κ1) is 14.2. The Morgan fingerprint density at radius 3 is 2.79 bits per heavy atom. The number of nitrogens with zero attached hydrogens (tertiary/aromatic N) is 1. The highest BCUT2D eigenvalue weighted by Gasteiger charge is 2.32. The van der Waals surface area contributed by atoms with Gasteiger partial charge in [0.1, 0.15) is 0 Å². The highest BCUT2D eigenvalue weighted by Crippen LogP contribution is 2.42. The van der Waals surface area contributed by atoms with Crippen molar-refractivity contribution in [3.8, 4) is 0 Å². The first-order valence-corrected chi connectivity index (χ1v) is 7.20. The quantitative estimate of drug-likeness (QED) is 0.640. The third-order valence-electron chi connectivity index (χ3n) is 3.83. The Labute approximate surface area is 118 Å². The Balaban J connectivity index is 2.31. The predicted molar refractivity (Wildman–Crippen MR) is 77.5 cm³/mol. The van der Waals surface area contributed by atoms with Gasteiger partial charge in [0.15, 0.2) is 0 Å². The fourth-order valence-corrected chi connectivity index (χ4v) is 2.78. The van der Waals surface area contributed by atoms with Crippen LogP contribution in [0.4, 0.5) is 3.89 Å². The van der Waals surface area contributed by atoms with E-state index in [0.29, 0.717) is 10.8 Å². The highest BCUT2D eigenvalue weighted by atomic mass is 32.2. The van der Waals surface area contributed by atoms with Crippen LogP contribution < -0.4 is 11.6 Å². The van der Waals surface area contributed by atoms with Gasteiger partial charge in [-0.1, -0.05) is 18.6 Å². The predicted octanol–water partition coefficient (Wildman–Crippen LogP) is 3.50. The molecule has 5 heteroatoms. The smallest absolute Gasteiger partial charge is 0.0812 e. The molecule has 0 saturated heterocycles. The molecule has 4 N–H and O–H groups in total. The summed E-state index contributed by atoms with van der Waals surface area (Å²) in [4.78, 5) is 0.615. The molecule has 1 saturated carbocycles. The van der Waals surface area contributed by atoms with Crippen LogP contribution in [0.1, 0.15) is 37.8 Å². The summed E-state index contributed by atoms with van der Waals surface area (Å²) in [7, 11) is 0. The van der Waals surface area contributed by atoms with Gasteiger partial charge in [0.25, 0.3) is 0 Å². The lowest BCUT2D eigenvalue weighted by atomic mass is 9.77. The van der Waals surface area contributed by atoms with E-state index in [4.69, 9.17) is 11.6 Å². The number of hydrogen-bond donors (Lipinski definition) is 2. The third-order valence-corrected chi connectivity index (χ3v) is 4.27. The summed E-state index contributed by atoms with van der Waals surface area (Å²) in [6, 6.07) is 7.58. The molecule has 0 heterocycles. The molecule has 19 heavy (non-hydrogen) atoms. The number of rotatable bonds is 5. The fraction of sp³-hybridized carbons (Fsp3) is 0.429. The molecule has 1 aliphatic rings. The van der Waals surface area contributed by atoms with E-state index in [-0.39, 0.29) is 18.2 Å². The normalized spacial score (nSPS) is 17.9. The van der Waals surface area contributed by atoms with E-state index >= 15 is 0 Å². The summed E-state index contributed by atoms with van der Waals surface area (Å²) in [5.41, 5.74) is 7.44. The lowest BCUT2D eigenvalue weighted by Crippen LogP contribution is -2.40. The number of allylic oxidation sites excluding steroid dienone is 1. The van der Waals surface area contributed by atoms with Crippen molar-refractivity contribution in [3.05, 3.63) is 41.7 Å². The lowest BCUT2D eigenvalue weighted by molar-refractivity contribution is 0.126. The van der Waals surface area contributed by atoms with Crippen molar-refractivity contribution in [3.63, 3.8) is 0 Å². The number of hydrazine groups is 1. The Morgan fingerprint density at radius 2 is 2.26 bits per heavy atom. The SMILES string of the molecule is C/C(=C/N)N(N)C(c1cccc(SF)c1)C1CCC1. The van der Waals surface area contributed by atoms with E-state index in [2.05, 4.69) is 0 Å². The maximum atomic E-state index is 12.7. The van der Waals surface area contributed by atoms with Crippen LogP contribution in [-0.4, -0.2) is 5.01 Å². The zero-order valence-electron chi connectivity index (χ0n) is 11.1. The molecule has 1 fully saturated rings. The largest absolute Gasteiger partial charge is 0.403 e. The molecule has 1 unspecified atom stereocenters. The average Bonchev–Trinajstić information content (AvgIpc) is 2.40. The van der Waals surface area contributed by atoms with E-state index in [1.165, 1.54) is 12.6 Å². The van der Waals surface area contributed by atoms with E-state index < -0.39 is 0 Å². The molecule has 0 bridgehead atoms. The summed E-state index contributed by atoms with van der Waals surface area (Å²) >= 11 is 0.265. The lowest BCUT2D eigenvalue weighted by Gasteiger charge is -2.40. The van der Waals surface area contributed by atoms with Gasteiger partial charge in [-0.25, -0.2) is 5.84 Å². The van der Waals surface area contributed by atoms with Crippen LogP contribution in [0, 0.1) is 5.92 Å². The molecule has 1 aromatic carbocycles. The monoisotopic (exact) mass is 281 g/mol. The zero-order chi connectivity index (χ0) is 13.8. The first-order chi connectivity index (χ1) is 9.17. The van der Waals surface area contributed by atoms with E-state index in [9.17, 15) is 3.89 Å². The number of hydrogen-bond acceptors (Lipinski definition) is 4. The van der Waals surface area contributed by atoms with Gasteiger partial charge in [0.2, 0.25) is 0 Å². The van der Waals surface area contributed by atoms with Gasteiger partial charge < -0.3 is 10.7 Å². The molecular weight excluding hydrogens is 261 g/mol. The van der Waals surface area contributed by atoms with Gasteiger partial charge >= 0.3 is 0 Å². The van der Waals surface area contributed by atoms with Gasteiger partial charge in [0, 0.05) is 16.8 Å². The summed E-state index contributed by atoms with van der Waals surface area (Å²) < 4.78 is 12.7. The second-order valence-electron chi connectivity index (χ2n) is 5.00. The van der Waals surface area contributed by atoms with Gasteiger partial charge in [-0.2, -0.15) is 3.89 Å². The van der Waals surface area contributed by atoms with E-state index in [1.54, 1.807) is 11.1 Å². The molecule has 0 aromatic heterocycles. The molecule has 1 aromatic rings. The van der Waals surface area contributed by atoms with Crippen molar-refractivity contribution >= 4 is 12.1 Å². The minimum Gasteiger partial charge on any atom is -0.403 e. The van der Waals surface area contributed by atoms with Crippen LogP contribution in [0.5, 0.6) is 0 Å². The molecule has 104 valence electrons. The van der Waals surface area contributed by atoms with Crippen LogP contribution in [0.3, 0.4) is 0 Å². The minimum atomic E-state index is 0.0700. The van der Waals surface area contributed by atoms with Crippen molar-refractivity contribution in [2.75, 3.05) is 0 Å². The average molecular weight is 281 g/mol. The van der Waals surface area contributed by atoms with Crippen molar-refractivity contribution < 1.29 is 3.89 Å². The summed E-state index contributed by atoms with van der Waals surface area (Å²) in [5, 5.41) is 1.71. The standard InChI is InChI=1S/C14H20FN3S/c1-10(9-16)18(17)14(11-4-2-5-11)12-6-3-7-13(8-12)19-15/h3,6-9,11,14H,2,4-5,16-17H2,1H3/b10-9-. The Morgan fingerprint density at radius 1 is 1.53 bits per heavy atom. The van der Waals surface area contributed by atoms with Gasteiger partial charge in [0.05, 0.1) is 18.2 Å². The maximum absolute atomic E-state index is 12.7. The summed E-state index contributed by atoms with van der Waals surface area (Å²) in [6.07, 6.45) is 5.06. The Kier molecular flexibility index (Phi) is 4.71. The third kappa shape index (κ3) is 3.04. The number of halogens is 1. The van der Waals surface area contributed by atoms with Crippen LogP contribution in [0.15, 0.2) is 41.1 Å². The molecule has 1 atom stereocenters. The van der Waals surface area contributed by atoms with Crippen molar-refractivity contribution in [2.24, 2.45) is 17.5 Å². The number of benzene rings is 1. The molecule has 0 amide bonds. The Hall–Kier alpha value is -1.20. The first-order valence-electron chi connectivity index (χ1n) is 6.48. The summed E-state index contributed by atoms with van der Waals surface area (Å²) in [6.45, 7) is 1.89. The molecular formula is C14H20FN3S. The zero-order valence-corrected chi connectivity index (χ0v) is 11.9.